The second kappa shape index (κ2) is 6.53. The van der Waals surface area contributed by atoms with Crippen molar-refractivity contribution in [1.29, 1.82) is 0 Å². The molecule has 0 aliphatic carbocycles. The second-order valence-corrected chi connectivity index (χ2v) is 5.51. The zero-order valence-corrected chi connectivity index (χ0v) is 12.5. The summed E-state index contributed by atoms with van der Waals surface area (Å²) in [6.45, 7) is 8.29. The second-order valence-electron chi connectivity index (χ2n) is 5.51. The van der Waals surface area contributed by atoms with Crippen LogP contribution in [0.25, 0.3) is 0 Å². The van der Waals surface area contributed by atoms with Crippen molar-refractivity contribution >= 4 is 5.69 Å². The molecule has 106 valence electrons. The van der Waals surface area contributed by atoms with Gasteiger partial charge in [0.25, 0.3) is 0 Å². The van der Waals surface area contributed by atoms with E-state index >= 15 is 0 Å². The molecule has 0 radical (unpaired) electrons. The Hall–Kier alpha value is -1.87. The van der Waals surface area contributed by atoms with E-state index in [1.807, 2.05) is 30.5 Å². The van der Waals surface area contributed by atoms with Crippen molar-refractivity contribution in [1.82, 2.24) is 9.88 Å². The zero-order valence-electron chi connectivity index (χ0n) is 12.5. The Morgan fingerprint density at radius 3 is 2.60 bits per heavy atom. The van der Waals surface area contributed by atoms with Crippen LogP contribution in [0, 0.1) is 6.92 Å². The Bertz CT molecular complexity index is 564. The van der Waals surface area contributed by atoms with E-state index in [0.717, 1.165) is 24.5 Å². The van der Waals surface area contributed by atoms with Crippen LogP contribution in [-0.4, -0.2) is 15.9 Å². The lowest BCUT2D eigenvalue weighted by Crippen LogP contribution is -2.30. The van der Waals surface area contributed by atoms with E-state index in [1.54, 1.807) is 0 Å². The minimum atomic E-state index is 0.456. The van der Waals surface area contributed by atoms with Crippen LogP contribution in [0.2, 0.25) is 0 Å². The Balaban J connectivity index is 2.14. The maximum atomic E-state index is 5.86. The normalized spacial score (nSPS) is 11.2. The van der Waals surface area contributed by atoms with Crippen molar-refractivity contribution < 1.29 is 0 Å². The zero-order chi connectivity index (χ0) is 14.5. The fraction of sp³-hybridized carbons (Fsp3) is 0.353. The molecule has 0 bridgehead atoms. The van der Waals surface area contributed by atoms with Crippen molar-refractivity contribution in [3.8, 4) is 0 Å². The molecule has 0 spiro atoms. The van der Waals surface area contributed by atoms with Gasteiger partial charge in [-0.2, -0.15) is 0 Å². The van der Waals surface area contributed by atoms with Crippen molar-refractivity contribution in [3.05, 3.63) is 59.4 Å². The van der Waals surface area contributed by atoms with Crippen LogP contribution in [-0.2, 0) is 13.1 Å². The summed E-state index contributed by atoms with van der Waals surface area (Å²) in [5, 5.41) is 0. The van der Waals surface area contributed by atoms with Gasteiger partial charge < -0.3 is 5.73 Å². The summed E-state index contributed by atoms with van der Waals surface area (Å²) in [5.74, 6) is 0. The third-order valence-electron chi connectivity index (χ3n) is 3.54. The molecule has 0 fully saturated rings. The molecule has 20 heavy (non-hydrogen) atoms. The van der Waals surface area contributed by atoms with Crippen molar-refractivity contribution in [3.63, 3.8) is 0 Å². The summed E-state index contributed by atoms with van der Waals surface area (Å²) in [6.07, 6.45) is 1.86. The van der Waals surface area contributed by atoms with Crippen LogP contribution in [0.4, 0.5) is 5.69 Å². The van der Waals surface area contributed by atoms with Crippen LogP contribution in [0.1, 0.15) is 30.7 Å². The van der Waals surface area contributed by atoms with E-state index in [2.05, 4.69) is 42.8 Å². The van der Waals surface area contributed by atoms with Crippen LogP contribution < -0.4 is 5.73 Å². The standard InChI is InChI=1S/C17H23N3/c1-13(2)20(11-15-7-4-8-16(18)10-15)12-17-14(3)6-5-9-19-17/h4-10,13H,11-12,18H2,1-3H3. The summed E-state index contributed by atoms with van der Waals surface area (Å²) in [7, 11) is 0. The van der Waals surface area contributed by atoms with Crippen LogP contribution >= 0.6 is 0 Å². The first-order valence-electron chi connectivity index (χ1n) is 7.05. The number of rotatable bonds is 5. The van der Waals surface area contributed by atoms with Crippen LogP contribution in [0.5, 0.6) is 0 Å². The van der Waals surface area contributed by atoms with Gasteiger partial charge in [-0.05, 0) is 50.1 Å². The highest BCUT2D eigenvalue weighted by Crippen LogP contribution is 2.15. The molecule has 2 aromatic rings. The predicted molar refractivity (Wildman–Crippen MR) is 84.2 cm³/mol. The number of pyridine rings is 1. The molecule has 0 aliphatic heterocycles. The van der Waals surface area contributed by atoms with E-state index in [1.165, 1.54) is 11.1 Å². The first-order chi connectivity index (χ1) is 9.56. The SMILES string of the molecule is Cc1cccnc1CN(Cc1cccc(N)c1)C(C)C. The average Bonchev–Trinajstić information content (AvgIpc) is 2.40. The predicted octanol–water partition coefficient (Wildman–Crippen LogP) is 3.38. The smallest absolute Gasteiger partial charge is 0.0573 e. The number of nitrogen functional groups attached to an aromatic ring is 1. The van der Waals surface area contributed by atoms with Crippen molar-refractivity contribution in [2.24, 2.45) is 0 Å². The van der Waals surface area contributed by atoms with Gasteiger partial charge in [-0.3, -0.25) is 9.88 Å². The molecule has 0 saturated carbocycles. The maximum Gasteiger partial charge on any atom is 0.0573 e. The van der Waals surface area contributed by atoms with Gasteiger partial charge in [0, 0.05) is 31.0 Å². The van der Waals surface area contributed by atoms with E-state index in [0.29, 0.717) is 6.04 Å². The molecule has 1 aromatic heterocycles. The number of anilines is 1. The molecular weight excluding hydrogens is 246 g/mol. The largest absolute Gasteiger partial charge is 0.399 e. The quantitative estimate of drug-likeness (QED) is 0.846. The molecule has 2 rings (SSSR count). The monoisotopic (exact) mass is 269 g/mol. The molecule has 3 nitrogen and oxygen atoms in total. The topological polar surface area (TPSA) is 42.2 Å². The summed E-state index contributed by atoms with van der Waals surface area (Å²) < 4.78 is 0. The Labute approximate surface area is 121 Å². The lowest BCUT2D eigenvalue weighted by atomic mass is 10.1. The fourth-order valence-electron chi connectivity index (χ4n) is 2.22. The molecule has 0 amide bonds. The van der Waals surface area contributed by atoms with Gasteiger partial charge in [0.05, 0.1) is 5.69 Å². The van der Waals surface area contributed by atoms with Gasteiger partial charge in [0.2, 0.25) is 0 Å². The minimum Gasteiger partial charge on any atom is -0.399 e. The highest BCUT2D eigenvalue weighted by Gasteiger charge is 2.13. The molecule has 1 aromatic carbocycles. The van der Waals surface area contributed by atoms with Crippen molar-refractivity contribution in [2.75, 3.05) is 5.73 Å². The van der Waals surface area contributed by atoms with E-state index in [-0.39, 0.29) is 0 Å². The summed E-state index contributed by atoms with van der Waals surface area (Å²) >= 11 is 0. The summed E-state index contributed by atoms with van der Waals surface area (Å²) in [4.78, 5) is 6.90. The number of hydrogen-bond acceptors (Lipinski definition) is 3. The summed E-state index contributed by atoms with van der Waals surface area (Å²) in [6, 6.07) is 12.6. The van der Waals surface area contributed by atoms with Gasteiger partial charge in [0.1, 0.15) is 0 Å². The van der Waals surface area contributed by atoms with E-state index in [9.17, 15) is 0 Å². The third-order valence-corrected chi connectivity index (χ3v) is 3.54. The first kappa shape index (κ1) is 14.5. The van der Waals surface area contributed by atoms with Crippen LogP contribution in [0.3, 0.4) is 0 Å². The molecule has 3 heteroatoms. The third kappa shape index (κ3) is 3.81. The molecule has 2 N–H and O–H groups in total. The number of nitrogens with two attached hydrogens (primary N) is 1. The van der Waals surface area contributed by atoms with Gasteiger partial charge in [-0.1, -0.05) is 18.2 Å². The molecule has 1 heterocycles. The maximum absolute atomic E-state index is 5.86. The number of nitrogens with zero attached hydrogens (tertiary/aromatic N) is 2. The number of hydrogen-bond donors (Lipinski definition) is 1. The van der Waals surface area contributed by atoms with Crippen molar-refractivity contribution in [2.45, 2.75) is 39.9 Å². The van der Waals surface area contributed by atoms with Gasteiger partial charge in [-0.15, -0.1) is 0 Å². The van der Waals surface area contributed by atoms with Crippen LogP contribution in [0.15, 0.2) is 42.6 Å². The molecule has 0 aliphatic rings. The van der Waals surface area contributed by atoms with Gasteiger partial charge in [-0.25, -0.2) is 0 Å². The number of aromatic nitrogens is 1. The van der Waals surface area contributed by atoms with E-state index < -0.39 is 0 Å². The molecule has 0 unspecified atom stereocenters. The fourth-order valence-corrected chi connectivity index (χ4v) is 2.22. The lowest BCUT2D eigenvalue weighted by molar-refractivity contribution is 0.201. The van der Waals surface area contributed by atoms with E-state index in [4.69, 9.17) is 5.73 Å². The van der Waals surface area contributed by atoms with Gasteiger partial charge >= 0.3 is 0 Å². The minimum absolute atomic E-state index is 0.456. The Morgan fingerprint density at radius 2 is 1.95 bits per heavy atom. The number of benzene rings is 1. The molecular formula is C17H23N3. The first-order valence-corrected chi connectivity index (χ1v) is 7.05. The molecule has 0 saturated heterocycles. The average molecular weight is 269 g/mol. The number of aryl methyl sites for hydroxylation is 1. The summed E-state index contributed by atoms with van der Waals surface area (Å²) in [5.41, 5.74) is 10.3. The lowest BCUT2D eigenvalue weighted by Gasteiger charge is -2.27. The Kier molecular flexibility index (Phi) is 4.74. The Morgan fingerprint density at radius 1 is 1.15 bits per heavy atom. The van der Waals surface area contributed by atoms with Gasteiger partial charge in [0.15, 0.2) is 0 Å². The molecule has 0 atom stereocenters. The highest BCUT2D eigenvalue weighted by molar-refractivity contribution is 5.40. The highest BCUT2D eigenvalue weighted by atomic mass is 15.1.